The first-order valence-electron chi connectivity index (χ1n) is 6.17. The molecule has 1 amide bonds. The standard InChI is InChI=1S/C12H20N2O2/c1-13(10-5-6-10)12(16)8-14-7-3-2-4-11(14)9-15/h9-11H,2-8H2,1H3. The topological polar surface area (TPSA) is 40.6 Å². The highest BCUT2D eigenvalue weighted by Gasteiger charge is 2.31. The van der Waals surface area contributed by atoms with Gasteiger partial charge in [-0.05, 0) is 32.2 Å². The molecular weight excluding hydrogens is 204 g/mol. The highest BCUT2D eigenvalue weighted by molar-refractivity contribution is 5.79. The summed E-state index contributed by atoms with van der Waals surface area (Å²) in [5.74, 6) is 0.163. The zero-order chi connectivity index (χ0) is 11.5. The van der Waals surface area contributed by atoms with Crippen molar-refractivity contribution in [1.82, 2.24) is 9.80 Å². The molecule has 0 aromatic rings. The second-order valence-electron chi connectivity index (χ2n) is 4.91. The van der Waals surface area contributed by atoms with Crippen molar-refractivity contribution in [2.45, 2.75) is 44.2 Å². The van der Waals surface area contributed by atoms with Gasteiger partial charge in [0.15, 0.2) is 0 Å². The summed E-state index contributed by atoms with van der Waals surface area (Å²) in [6, 6.07) is 0.428. The smallest absolute Gasteiger partial charge is 0.236 e. The number of likely N-dealkylation sites (tertiary alicyclic amines) is 1. The number of piperidine rings is 1. The number of carbonyl (C=O) groups excluding carboxylic acids is 2. The van der Waals surface area contributed by atoms with Gasteiger partial charge in [-0.2, -0.15) is 0 Å². The Morgan fingerprint density at radius 1 is 1.38 bits per heavy atom. The molecule has 2 fully saturated rings. The molecule has 2 rings (SSSR count). The van der Waals surface area contributed by atoms with E-state index in [9.17, 15) is 9.59 Å². The van der Waals surface area contributed by atoms with E-state index in [0.717, 1.165) is 44.9 Å². The van der Waals surface area contributed by atoms with Crippen LogP contribution in [0.2, 0.25) is 0 Å². The third-order valence-electron chi connectivity index (χ3n) is 3.65. The maximum Gasteiger partial charge on any atom is 0.236 e. The Labute approximate surface area is 96.6 Å². The van der Waals surface area contributed by atoms with E-state index in [1.54, 1.807) is 0 Å². The average molecular weight is 224 g/mol. The average Bonchev–Trinajstić information content (AvgIpc) is 3.12. The van der Waals surface area contributed by atoms with Crippen molar-refractivity contribution in [2.24, 2.45) is 0 Å². The Bertz CT molecular complexity index is 276. The molecule has 0 spiro atoms. The van der Waals surface area contributed by atoms with Gasteiger partial charge in [-0.1, -0.05) is 6.42 Å². The van der Waals surface area contributed by atoms with Crippen LogP contribution in [0, 0.1) is 0 Å². The van der Waals surface area contributed by atoms with E-state index in [2.05, 4.69) is 0 Å². The molecule has 4 nitrogen and oxygen atoms in total. The quantitative estimate of drug-likeness (QED) is 0.659. The van der Waals surface area contributed by atoms with Crippen molar-refractivity contribution in [2.75, 3.05) is 20.1 Å². The zero-order valence-electron chi connectivity index (χ0n) is 9.89. The fourth-order valence-corrected chi connectivity index (χ4v) is 2.32. The van der Waals surface area contributed by atoms with Crippen LogP contribution in [-0.4, -0.2) is 54.2 Å². The van der Waals surface area contributed by atoms with Crippen molar-refractivity contribution in [3.05, 3.63) is 0 Å². The summed E-state index contributed by atoms with van der Waals surface area (Å²) in [6.07, 6.45) is 6.38. The van der Waals surface area contributed by atoms with Gasteiger partial charge in [0, 0.05) is 13.1 Å². The normalized spacial score (nSPS) is 26.4. The molecular formula is C12H20N2O2. The highest BCUT2D eigenvalue weighted by Crippen LogP contribution is 2.25. The summed E-state index contributed by atoms with van der Waals surface area (Å²) in [6.45, 7) is 1.30. The maximum absolute atomic E-state index is 11.9. The zero-order valence-corrected chi connectivity index (χ0v) is 9.89. The predicted molar refractivity (Wildman–Crippen MR) is 61.1 cm³/mol. The molecule has 4 heteroatoms. The number of hydrogen-bond donors (Lipinski definition) is 0. The van der Waals surface area contributed by atoms with Crippen LogP contribution in [0.25, 0.3) is 0 Å². The molecule has 1 saturated carbocycles. The fourth-order valence-electron chi connectivity index (χ4n) is 2.32. The van der Waals surface area contributed by atoms with Crippen LogP contribution in [0.4, 0.5) is 0 Å². The van der Waals surface area contributed by atoms with E-state index in [1.807, 2.05) is 16.8 Å². The van der Waals surface area contributed by atoms with Gasteiger partial charge >= 0.3 is 0 Å². The van der Waals surface area contributed by atoms with E-state index < -0.39 is 0 Å². The maximum atomic E-state index is 11.9. The van der Waals surface area contributed by atoms with Crippen LogP contribution in [0.15, 0.2) is 0 Å². The molecule has 1 heterocycles. The number of amides is 1. The van der Waals surface area contributed by atoms with Gasteiger partial charge < -0.3 is 9.69 Å². The van der Waals surface area contributed by atoms with Crippen molar-refractivity contribution in [1.29, 1.82) is 0 Å². The van der Waals surface area contributed by atoms with Gasteiger partial charge in [0.25, 0.3) is 0 Å². The lowest BCUT2D eigenvalue weighted by Gasteiger charge is -2.32. The lowest BCUT2D eigenvalue weighted by molar-refractivity contribution is -0.133. The molecule has 1 aliphatic carbocycles. The molecule has 1 atom stereocenters. The SMILES string of the molecule is CN(C(=O)CN1CCCCC1C=O)C1CC1. The molecule has 0 N–H and O–H groups in total. The fraction of sp³-hybridized carbons (Fsp3) is 0.833. The van der Waals surface area contributed by atoms with Crippen LogP contribution in [0.5, 0.6) is 0 Å². The largest absolute Gasteiger partial charge is 0.342 e. The van der Waals surface area contributed by atoms with Crippen LogP contribution >= 0.6 is 0 Å². The Balaban J connectivity index is 1.86. The number of aldehydes is 1. The third kappa shape index (κ3) is 2.61. The predicted octanol–water partition coefficient (Wildman–Crippen LogP) is 0.661. The van der Waals surface area contributed by atoms with Crippen molar-refractivity contribution in [3.63, 3.8) is 0 Å². The lowest BCUT2D eigenvalue weighted by Crippen LogP contribution is -2.47. The molecule has 1 saturated heterocycles. The number of nitrogens with zero attached hydrogens (tertiary/aromatic N) is 2. The summed E-state index contributed by atoms with van der Waals surface area (Å²) in [7, 11) is 1.87. The van der Waals surface area contributed by atoms with Gasteiger partial charge in [-0.15, -0.1) is 0 Å². The number of likely N-dealkylation sites (N-methyl/N-ethyl adjacent to an activating group) is 1. The summed E-state index contributed by atoms with van der Waals surface area (Å²) >= 11 is 0. The second kappa shape index (κ2) is 4.95. The van der Waals surface area contributed by atoms with Gasteiger partial charge in [-0.25, -0.2) is 0 Å². The first-order chi connectivity index (χ1) is 7.72. The molecule has 90 valence electrons. The number of rotatable bonds is 4. The van der Waals surface area contributed by atoms with Crippen LogP contribution in [-0.2, 0) is 9.59 Å². The highest BCUT2D eigenvalue weighted by atomic mass is 16.2. The van der Waals surface area contributed by atoms with Crippen LogP contribution in [0.1, 0.15) is 32.1 Å². The first-order valence-corrected chi connectivity index (χ1v) is 6.17. The van der Waals surface area contributed by atoms with Crippen molar-refractivity contribution < 1.29 is 9.59 Å². The first kappa shape index (κ1) is 11.6. The minimum Gasteiger partial charge on any atom is -0.342 e. The van der Waals surface area contributed by atoms with E-state index in [-0.39, 0.29) is 11.9 Å². The van der Waals surface area contributed by atoms with Gasteiger partial charge in [-0.3, -0.25) is 9.69 Å². The molecule has 0 bridgehead atoms. The Morgan fingerprint density at radius 3 is 2.75 bits per heavy atom. The minimum atomic E-state index is -0.0368. The summed E-state index contributed by atoms with van der Waals surface area (Å²) in [5.41, 5.74) is 0. The van der Waals surface area contributed by atoms with E-state index >= 15 is 0 Å². The van der Waals surface area contributed by atoms with Gasteiger partial charge in [0.05, 0.1) is 12.6 Å². The third-order valence-corrected chi connectivity index (χ3v) is 3.65. The Kier molecular flexibility index (Phi) is 3.59. The molecule has 2 aliphatic rings. The Hall–Kier alpha value is -0.900. The molecule has 0 radical (unpaired) electrons. The van der Waals surface area contributed by atoms with E-state index in [0.29, 0.717) is 12.6 Å². The monoisotopic (exact) mass is 224 g/mol. The summed E-state index contributed by atoms with van der Waals surface area (Å²) in [4.78, 5) is 26.7. The molecule has 1 aliphatic heterocycles. The Morgan fingerprint density at radius 2 is 2.12 bits per heavy atom. The second-order valence-corrected chi connectivity index (χ2v) is 4.91. The van der Waals surface area contributed by atoms with Crippen molar-refractivity contribution >= 4 is 12.2 Å². The van der Waals surface area contributed by atoms with Crippen LogP contribution in [0.3, 0.4) is 0 Å². The molecule has 1 unspecified atom stereocenters. The van der Waals surface area contributed by atoms with Crippen LogP contribution < -0.4 is 0 Å². The summed E-state index contributed by atoms with van der Waals surface area (Å²) < 4.78 is 0. The molecule has 0 aromatic carbocycles. The number of carbonyl (C=O) groups is 2. The van der Waals surface area contributed by atoms with Gasteiger partial charge in [0.2, 0.25) is 5.91 Å². The number of hydrogen-bond acceptors (Lipinski definition) is 3. The van der Waals surface area contributed by atoms with E-state index in [1.165, 1.54) is 0 Å². The van der Waals surface area contributed by atoms with E-state index in [4.69, 9.17) is 0 Å². The molecule has 0 aromatic heterocycles. The van der Waals surface area contributed by atoms with Crippen molar-refractivity contribution in [3.8, 4) is 0 Å². The molecule has 16 heavy (non-hydrogen) atoms. The lowest BCUT2D eigenvalue weighted by atomic mass is 10.0. The van der Waals surface area contributed by atoms with Gasteiger partial charge in [0.1, 0.15) is 6.29 Å². The summed E-state index contributed by atoms with van der Waals surface area (Å²) in [5, 5.41) is 0. The minimum absolute atomic E-state index is 0.0368.